The van der Waals surface area contributed by atoms with Crippen molar-refractivity contribution in [3.05, 3.63) is 53.8 Å². The smallest absolute Gasteiger partial charge is 0.262 e. The molecule has 0 radical (unpaired) electrons. The maximum absolute atomic E-state index is 13.0. The summed E-state index contributed by atoms with van der Waals surface area (Å²) in [6, 6.07) is 9.97. The first-order chi connectivity index (χ1) is 11.3. The van der Waals surface area contributed by atoms with Gasteiger partial charge in [-0.25, -0.2) is 17.5 Å². The molecule has 0 aliphatic carbocycles. The van der Waals surface area contributed by atoms with Crippen LogP contribution in [-0.4, -0.2) is 28.0 Å². The van der Waals surface area contributed by atoms with Crippen molar-refractivity contribution in [3.8, 4) is 5.75 Å². The summed E-state index contributed by atoms with van der Waals surface area (Å²) in [5, 5.41) is 2.54. The lowest BCUT2D eigenvalue weighted by Crippen LogP contribution is -2.22. The number of sulfonamides is 1. The number of halogens is 1. The minimum absolute atomic E-state index is 0.0776. The van der Waals surface area contributed by atoms with Gasteiger partial charge in [0.15, 0.2) is 6.61 Å². The fraction of sp³-hybridized carbons (Fsp3) is 0.188. The summed E-state index contributed by atoms with van der Waals surface area (Å²) in [7, 11) is -2.31. The summed E-state index contributed by atoms with van der Waals surface area (Å²) in [6.07, 6.45) is 0. The van der Waals surface area contributed by atoms with Gasteiger partial charge in [0, 0.05) is 11.8 Å². The number of aryl methyl sites for hydroxylation is 1. The molecule has 0 heterocycles. The molecule has 2 aromatic carbocycles. The minimum atomic E-state index is -3.62. The fourth-order valence-electron chi connectivity index (χ4n) is 1.98. The number of hydrogen-bond acceptors (Lipinski definition) is 4. The Morgan fingerprint density at radius 3 is 2.62 bits per heavy atom. The molecule has 8 heteroatoms. The highest BCUT2D eigenvalue weighted by Gasteiger charge is 2.15. The zero-order valence-electron chi connectivity index (χ0n) is 13.2. The molecule has 0 bridgehead atoms. The van der Waals surface area contributed by atoms with Gasteiger partial charge in [0.2, 0.25) is 10.0 Å². The van der Waals surface area contributed by atoms with Gasteiger partial charge in [-0.15, -0.1) is 0 Å². The van der Waals surface area contributed by atoms with Crippen molar-refractivity contribution >= 4 is 21.6 Å². The summed E-state index contributed by atoms with van der Waals surface area (Å²) in [5.74, 6) is -0.725. The van der Waals surface area contributed by atoms with Crippen molar-refractivity contribution in [2.45, 2.75) is 11.8 Å². The second-order valence-electron chi connectivity index (χ2n) is 4.98. The lowest BCUT2D eigenvalue weighted by Gasteiger charge is -2.11. The van der Waals surface area contributed by atoms with Crippen LogP contribution in [0.2, 0.25) is 0 Å². The molecule has 6 nitrogen and oxygen atoms in total. The highest BCUT2D eigenvalue weighted by molar-refractivity contribution is 7.89. The van der Waals surface area contributed by atoms with E-state index in [1.165, 1.54) is 31.3 Å². The number of rotatable bonds is 6. The molecular formula is C16H17FN2O4S. The van der Waals surface area contributed by atoms with Crippen LogP contribution in [-0.2, 0) is 14.8 Å². The highest BCUT2D eigenvalue weighted by atomic mass is 32.2. The van der Waals surface area contributed by atoms with Crippen molar-refractivity contribution in [2.75, 3.05) is 19.0 Å². The monoisotopic (exact) mass is 352 g/mol. The van der Waals surface area contributed by atoms with Crippen LogP contribution in [0.5, 0.6) is 5.75 Å². The number of ether oxygens (including phenoxy) is 1. The van der Waals surface area contributed by atoms with Crippen molar-refractivity contribution < 1.29 is 22.3 Å². The van der Waals surface area contributed by atoms with E-state index < -0.39 is 21.7 Å². The number of carbonyl (C=O) groups excluding carboxylic acids is 1. The topological polar surface area (TPSA) is 84.5 Å². The van der Waals surface area contributed by atoms with Crippen LogP contribution in [0.4, 0.5) is 10.1 Å². The van der Waals surface area contributed by atoms with Crippen LogP contribution in [0.25, 0.3) is 0 Å². The predicted molar refractivity (Wildman–Crippen MR) is 87.9 cm³/mol. The molecule has 24 heavy (non-hydrogen) atoms. The van der Waals surface area contributed by atoms with E-state index in [2.05, 4.69) is 10.0 Å². The van der Waals surface area contributed by atoms with E-state index in [1.807, 2.05) is 0 Å². The molecule has 0 fully saturated rings. The van der Waals surface area contributed by atoms with E-state index in [0.29, 0.717) is 11.3 Å². The van der Waals surface area contributed by atoms with E-state index >= 15 is 0 Å². The molecule has 0 unspecified atom stereocenters. The van der Waals surface area contributed by atoms with Gasteiger partial charge in [-0.05, 0) is 43.8 Å². The third-order valence-corrected chi connectivity index (χ3v) is 4.75. The number of hydrogen-bond donors (Lipinski definition) is 2. The molecule has 0 aliphatic rings. The van der Waals surface area contributed by atoms with Gasteiger partial charge in [0.25, 0.3) is 5.91 Å². The molecule has 2 aromatic rings. The summed E-state index contributed by atoms with van der Waals surface area (Å²) in [5.41, 5.74) is 0.876. The molecule has 128 valence electrons. The summed E-state index contributed by atoms with van der Waals surface area (Å²) in [6.45, 7) is 1.33. The molecule has 0 aromatic heterocycles. The third-order valence-electron chi connectivity index (χ3n) is 3.20. The van der Waals surface area contributed by atoms with E-state index in [0.717, 1.165) is 6.07 Å². The highest BCUT2D eigenvalue weighted by Crippen LogP contribution is 2.20. The second kappa shape index (κ2) is 7.41. The van der Waals surface area contributed by atoms with Crippen molar-refractivity contribution in [2.24, 2.45) is 0 Å². The summed E-state index contributed by atoms with van der Waals surface area (Å²) < 4.78 is 44.3. The average molecular weight is 352 g/mol. The fourth-order valence-corrected chi connectivity index (χ4v) is 2.97. The Morgan fingerprint density at radius 1 is 1.21 bits per heavy atom. The number of carbonyl (C=O) groups is 1. The number of nitrogens with one attached hydrogen (secondary N) is 2. The van der Waals surface area contributed by atoms with Gasteiger partial charge in [0.05, 0.1) is 4.90 Å². The van der Waals surface area contributed by atoms with E-state index in [4.69, 9.17) is 4.74 Å². The largest absolute Gasteiger partial charge is 0.484 e. The van der Waals surface area contributed by atoms with Gasteiger partial charge in [-0.2, -0.15) is 0 Å². The summed E-state index contributed by atoms with van der Waals surface area (Å²) >= 11 is 0. The first-order valence-corrected chi connectivity index (χ1v) is 8.52. The predicted octanol–water partition coefficient (Wildman–Crippen LogP) is 2.06. The SMILES string of the molecule is CNS(=O)(=O)c1cc(NC(=O)COc2cccc(F)c2)ccc1C. The van der Waals surface area contributed by atoms with Crippen LogP contribution in [0.3, 0.4) is 0 Å². The average Bonchev–Trinajstić information content (AvgIpc) is 2.54. The lowest BCUT2D eigenvalue weighted by molar-refractivity contribution is -0.118. The van der Waals surface area contributed by atoms with Crippen molar-refractivity contribution in [3.63, 3.8) is 0 Å². The third kappa shape index (κ3) is 4.53. The molecule has 0 atom stereocenters. The molecular weight excluding hydrogens is 335 g/mol. The van der Waals surface area contributed by atoms with E-state index in [-0.39, 0.29) is 17.3 Å². The molecule has 0 aliphatic heterocycles. The Labute approximate surface area is 139 Å². The number of benzene rings is 2. The standard InChI is InChI=1S/C16H17FN2O4S/c1-11-6-7-13(9-15(11)24(21,22)18-2)19-16(20)10-23-14-5-3-4-12(17)8-14/h3-9,18H,10H2,1-2H3,(H,19,20). The quantitative estimate of drug-likeness (QED) is 0.833. The number of anilines is 1. The van der Waals surface area contributed by atoms with Crippen LogP contribution < -0.4 is 14.8 Å². The van der Waals surface area contributed by atoms with Crippen LogP contribution in [0.1, 0.15) is 5.56 Å². The second-order valence-corrected chi connectivity index (χ2v) is 6.84. The minimum Gasteiger partial charge on any atom is -0.484 e. The van der Waals surface area contributed by atoms with Gasteiger partial charge < -0.3 is 10.1 Å². The van der Waals surface area contributed by atoms with Gasteiger partial charge >= 0.3 is 0 Å². The van der Waals surface area contributed by atoms with Gasteiger partial charge in [-0.1, -0.05) is 12.1 Å². The Hall–Kier alpha value is -2.45. The van der Waals surface area contributed by atoms with E-state index in [9.17, 15) is 17.6 Å². The van der Waals surface area contributed by atoms with Crippen molar-refractivity contribution in [1.82, 2.24) is 4.72 Å². The van der Waals surface area contributed by atoms with E-state index in [1.54, 1.807) is 19.1 Å². The van der Waals surface area contributed by atoms with Crippen LogP contribution in [0.15, 0.2) is 47.4 Å². The van der Waals surface area contributed by atoms with Crippen molar-refractivity contribution in [1.29, 1.82) is 0 Å². The van der Waals surface area contributed by atoms with Gasteiger partial charge in [-0.3, -0.25) is 4.79 Å². The lowest BCUT2D eigenvalue weighted by atomic mass is 10.2. The number of amides is 1. The first-order valence-electron chi connectivity index (χ1n) is 7.04. The Morgan fingerprint density at radius 2 is 1.96 bits per heavy atom. The first kappa shape index (κ1) is 17.9. The molecule has 2 rings (SSSR count). The molecule has 0 spiro atoms. The van der Waals surface area contributed by atoms with Crippen LogP contribution in [0, 0.1) is 12.7 Å². The molecule has 0 saturated heterocycles. The zero-order chi connectivity index (χ0) is 17.7. The molecule has 2 N–H and O–H groups in total. The maximum Gasteiger partial charge on any atom is 0.262 e. The summed E-state index contributed by atoms with van der Waals surface area (Å²) in [4.78, 5) is 12.0. The Balaban J connectivity index is 2.05. The normalized spacial score (nSPS) is 11.1. The van der Waals surface area contributed by atoms with Gasteiger partial charge in [0.1, 0.15) is 11.6 Å². The maximum atomic E-state index is 13.0. The Kier molecular flexibility index (Phi) is 5.53. The zero-order valence-corrected chi connectivity index (χ0v) is 14.0. The molecule has 1 amide bonds. The molecule has 0 saturated carbocycles. The van der Waals surface area contributed by atoms with Crippen LogP contribution >= 0.6 is 0 Å². The Bertz CT molecular complexity index is 853.